The molecule has 1 aromatic rings. The number of rotatable bonds is 3. The Hall–Kier alpha value is -1.43. The number of hydrogen-bond donors (Lipinski definition) is 2. The maximum absolute atomic E-state index is 12.4. The molecule has 0 amide bonds. The number of nitrogens with two attached hydrogens (primary N) is 1. The Kier molecular flexibility index (Phi) is 3.41. The van der Waals surface area contributed by atoms with E-state index in [1.165, 1.54) is 0 Å². The molecule has 3 N–H and O–H groups in total. The molecule has 1 aromatic heterocycles. The van der Waals surface area contributed by atoms with E-state index in [0.717, 1.165) is 6.07 Å². The van der Waals surface area contributed by atoms with Crippen LogP contribution in [0.1, 0.15) is 17.7 Å². The molecule has 82 valence electrons. The van der Waals surface area contributed by atoms with Crippen molar-refractivity contribution < 1.29 is 18.7 Å². The van der Waals surface area contributed by atoms with Gasteiger partial charge < -0.3 is 10.8 Å². The highest BCUT2D eigenvalue weighted by molar-refractivity contribution is 6.30. The number of nitrogen functional groups attached to an aromatic ring is 1. The molecule has 0 aliphatic heterocycles. The van der Waals surface area contributed by atoms with Crippen LogP contribution in [0.2, 0.25) is 5.15 Å². The Morgan fingerprint density at radius 2 is 2.27 bits per heavy atom. The number of aliphatic carboxylic acids is 1. The molecule has 15 heavy (non-hydrogen) atoms. The van der Waals surface area contributed by atoms with Gasteiger partial charge in [-0.3, -0.25) is 4.79 Å². The summed E-state index contributed by atoms with van der Waals surface area (Å²) in [5.41, 5.74) is 4.54. The molecule has 0 unspecified atom stereocenters. The first-order valence-electron chi connectivity index (χ1n) is 3.86. The lowest BCUT2D eigenvalue weighted by atomic mass is 10.2. The number of halogens is 3. The topological polar surface area (TPSA) is 76.2 Å². The fourth-order valence-electron chi connectivity index (χ4n) is 1.06. The maximum atomic E-state index is 12.4. The second-order valence-electron chi connectivity index (χ2n) is 2.78. The minimum atomic E-state index is -2.83. The Balaban J connectivity index is 3.13. The summed E-state index contributed by atoms with van der Waals surface area (Å²) < 4.78 is 24.7. The predicted octanol–water partition coefficient (Wildman–Crippen LogP) is 1.88. The van der Waals surface area contributed by atoms with Crippen LogP contribution in [0.5, 0.6) is 0 Å². The molecule has 1 rings (SSSR count). The molecule has 0 atom stereocenters. The van der Waals surface area contributed by atoms with Gasteiger partial charge in [-0.25, -0.2) is 13.8 Å². The molecule has 0 saturated carbocycles. The van der Waals surface area contributed by atoms with Gasteiger partial charge in [-0.15, -0.1) is 0 Å². The van der Waals surface area contributed by atoms with Gasteiger partial charge in [0.05, 0.1) is 17.7 Å². The molecule has 0 aliphatic rings. The number of hydrogen-bond acceptors (Lipinski definition) is 3. The van der Waals surface area contributed by atoms with E-state index in [2.05, 4.69) is 4.98 Å². The van der Waals surface area contributed by atoms with Crippen molar-refractivity contribution in [1.82, 2.24) is 4.98 Å². The summed E-state index contributed by atoms with van der Waals surface area (Å²) in [5, 5.41) is 8.00. The summed E-state index contributed by atoms with van der Waals surface area (Å²) in [7, 11) is 0. The molecular weight excluding hydrogens is 230 g/mol. The number of pyridine rings is 1. The van der Waals surface area contributed by atoms with Crippen LogP contribution >= 0.6 is 11.6 Å². The van der Waals surface area contributed by atoms with Gasteiger partial charge in [0.25, 0.3) is 6.43 Å². The van der Waals surface area contributed by atoms with E-state index in [4.69, 9.17) is 22.4 Å². The summed E-state index contributed by atoms with van der Waals surface area (Å²) in [6.07, 6.45) is -3.24. The first-order chi connectivity index (χ1) is 6.91. The smallest absolute Gasteiger partial charge is 0.309 e. The first kappa shape index (κ1) is 11.6. The molecule has 4 nitrogen and oxygen atoms in total. The summed E-state index contributed by atoms with van der Waals surface area (Å²) >= 11 is 5.45. The Morgan fingerprint density at radius 3 is 2.67 bits per heavy atom. The van der Waals surface area contributed by atoms with Crippen LogP contribution < -0.4 is 5.73 Å². The highest BCUT2D eigenvalue weighted by atomic mass is 35.5. The van der Waals surface area contributed by atoms with Gasteiger partial charge in [0.15, 0.2) is 0 Å². The van der Waals surface area contributed by atoms with Crippen LogP contribution in [0.3, 0.4) is 0 Å². The van der Waals surface area contributed by atoms with E-state index in [0.29, 0.717) is 0 Å². The van der Waals surface area contributed by atoms with E-state index in [9.17, 15) is 13.6 Å². The monoisotopic (exact) mass is 236 g/mol. The Morgan fingerprint density at radius 1 is 1.67 bits per heavy atom. The van der Waals surface area contributed by atoms with Crippen molar-refractivity contribution in [2.24, 2.45) is 0 Å². The number of carboxylic acid groups (broad SMARTS) is 1. The van der Waals surface area contributed by atoms with Gasteiger partial charge in [0.2, 0.25) is 0 Å². The average Bonchev–Trinajstić information content (AvgIpc) is 1.99. The van der Waals surface area contributed by atoms with Crippen LogP contribution in [-0.4, -0.2) is 16.1 Å². The van der Waals surface area contributed by atoms with Crippen molar-refractivity contribution in [1.29, 1.82) is 0 Å². The van der Waals surface area contributed by atoms with Gasteiger partial charge in [0, 0.05) is 5.69 Å². The average molecular weight is 237 g/mol. The lowest BCUT2D eigenvalue weighted by molar-refractivity contribution is -0.136. The molecule has 0 bridgehead atoms. The van der Waals surface area contributed by atoms with Crippen molar-refractivity contribution in [2.75, 3.05) is 5.73 Å². The molecule has 0 radical (unpaired) electrons. The molecule has 1 heterocycles. The van der Waals surface area contributed by atoms with Crippen LogP contribution in [0.25, 0.3) is 0 Å². The van der Waals surface area contributed by atoms with Gasteiger partial charge in [0.1, 0.15) is 5.15 Å². The zero-order valence-electron chi connectivity index (χ0n) is 7.38. The van der Waals surface area contributed by atoms with Crippen molar-refractivity contribution in [3.05, 3.63) is 22.5 Å². The fraction of sp³-hybridized carbons (Fsp3) is 0.250. The second-order valence-corrected chi connectivity index (χ2v) is 3.14. The third kappa shape index (κ3) is 2.76. The molecule has 7 heteroatoms. The Bertz CT molecular complexity index is 375. The normalized spacial score (nSPS) is 10.7. The van der Waals surface area contributed by atoms with E-state index in [1.54, 1.807) is 0 Å². The number of anilines is 1. The van der Waals surface area contributed by atoms with E-state index >= 15 is 0 Å². The van der Waals surface area contributed by atoms with Crippen molar-refractivity contribution in [3.8, 4) is 0 Å². The molecule has 0 saturated heterocycles. The molecule has 0 fully saturated rings. The molecule has 0 aromatic carbocycles. The van der Waals surface area contributed by atoms with E-state index in [-0.39, 0.29) is 11.4 Å². The summed E-state index contributed by atoms with van der Waals surface area (Å²) in [4.78, 5) is 13.9. The first-order valence-corrected chi connectivity index (χ1v) is 4.24. The Labute approximate surface area is 88.7 Å². The third-order valence-electron chi connectivity index (χ3n) is 1.65. The molecular formula is C8H7ClF2N2O2. The van der Waals surface area contributed by atoms with Gasteiger partial charge in [-0.05, 0) is 6.07 Å². The molecule has 0 spiro atoms. The van der Waals surface area contributed by atoms with Gasteiger partial charge in [-0.1, -0.05) is 11.6 Å². The number of aromatic nitrogens is 1. The zero-order chi connectivity index (χ0) is 11.6. The van der Waals surface area contributed by atoms with Gasteiger partial charge >= 0.3 is 5.97 Å². The van der Waals surface area contributed by atoms with Crippen molar-refractivity contribution in [3.63, 3.8) is 0 Å². The zero-order valence-corrected chi connectivity index (χ0v) is 8.13. The highest BCUT2D eigenvalue weighted by Gasteiger charge is 2.18. The summed E-state index contributed by atoms with van der Waals surface area (Å²) in [6.45, 7) is 0. The second kappa shape index (κ2) is 4.39. The van der Waals surface area contributed by atoms with E-state index in [1.807, 2.05) is 0 Å². The molecule has 0 aliphatic carbocycles. The maximum Gasteiger partial charge on any atom is 0.309 e. The van der Waals surface area contributed by atoms with Gasteiger partial charge in [-0.2, -0.15) is 0 Å². The predicted molar refractivity (Wildman–Crippen MR) is 50.0 cm³/mol. The van der Waals surface area contributed by atoms with Crippen molar-refractivity contribution in [2.45, 2.75) is 12.8 Å². The number of alkyl halides is 2. The number of nitrogens with zero attached hydrogens (tertiary/aromatic N) is 1. The largest absolute Gasteiger partial charge is 0.481 e. The van der Waals surface area contributed by atoms with Crippen LogP contribution in [0.4, 0.5) is 14.5 Å². The van der Waals surface area contributed by atoms with E-state index < -0.39 is 29.5 Å². The van der Waals surface area contributed by atoms with Crippen LogP contribution in [0.15, 0.2) is 6.07 Å². The lowest BCUT2D eigenvalue weighted by Gasteiger charge is -2.07. The highest BCUT2D eigenvalue weighted by Crippen LogP contribution is 2.31. The van der Waals surface area contributed by atoms with Crippen molar-refractivity contribution >= 4 is 23.3 Å². The van der Waals surface area contributed by atoms with Crippen LogP contribution in [0, 0.1) is 0 Å². The fourth-order valence-corrected chi connectivity index (χ4v) is 1.36. The summed E-state index contributed by atoms with van der Waals surface area (Å²) in [6, 6.07) is 1.08. The minimum Gasteiger partial charge on any atom is -0.481 e. The quantitative estimate of drug-likeness (QED) is 0.786. The number of carboxylic acids is 1. The number of carbonyl (C=O) groups is 1. The third-order valence-corrected chi connectivity index (χ3v) is 1.94. The van der Waals surface area contributed by atoms with Crippen LogP contribution in [-0.2, 0) is 11.2 Å². The SMILES string of the molecule is Nc1cc(CC(=O)O)nc(Cl)c1C(F)F. The minimum absolute atomic E-state index is 0.0504. The lowest BCUT2D eigenvalue weighted by Crippen LogP contribution is -2.06. The summed E-state index contributed by atoms with van der Waals surface area (Å²) in [5.74, 6) is -1.14. The standard InChI is InChI=1S/C8H7ClF2N2O2/c9-7-6(8(10)11)4(12)1-3(13-7)2-5(14)15/h1,8H,2H2,(H2,12,13)(H,14,15).